The topological polar surface area (TPSA) is 122 Å². The third-order valence-corrected chi connectivity index (χ3v) is 5.98. The van der Waals surface area contributed by atoms with Crippen LogP contribution in [0, 0.1) is 6.92 Å². The molecule has 9 nitrogen and oxygen atoms in total. The second kappa shape index (κ2) is 11.2. The van der Waals surface area contributed by atoms with Gasteiger partial charge in [0.2, 0.25) is 0 Å². The Bertz CT molecular complexity index is 1160. The van der Waals surface area contributed by atoms with Gasteiger partial charge in [0.15, 0.2) is 18.1 Å². The number of carboxylic acid groups (broad SMARTS) is 1. The van der Waals surface area contributed by atoms with E-state index in [1.807, 2.05) is 19.1 Å². The quantitative estimate of drug-likeness (QED) is 0.445. The molecule has 1 saturated heterocycles. The van der Waals surface area contributed by atoms with E-state index >= 15 is 0 Å². The van der Waals surface area contributed by atoms with E-state index in [0.717, 1.165) is 5.56 Å². The first-order chi connectivity index (χ1) is 16.2. The van der Waals surface area contributed by atoms with Crippen LogP contribution in [0.1, 0.15) is 18.1 Å². The highest BCUT2D eigenvalue weighted by atomic mass is 79.9. The number of imide groups is 1. The molecule has 178 valence electrons. The fraction of sp³-hybridized carbons (Fsp3) is 0.217. The van der Waals surface area contributed by atoms with Gasteiger partial charge in [-0.15, -0.1) is 0 Å². The Labute approximate surface area is 208 Å². The van der Waals surface area contributed by atoms with Gasteiger partial charge in [-0.3, -0.25) is 24.1 Å². The van der Waals surface area contributed by atoms with Gasteiger partial charge in [0, 0.05) is 5.69 Å². The van der Waals surface area contributed by atoms with Crippen LogP contribution in [0.4, 0.5) is 10.5 Å². The maximum absolute atomic E-state index is 12.4. The molecule has 2 aromatic rings. The maximum Gasteiger partial charge on any atom is 0.323 e. The number of aliphatic carboxylic acids is 1. The zero-order valence-corrected chi connectivity index (χ0v) is 20.7. The Kier molecular flexibility index (Phi) is 8.35. The van der Waals surface area contributed by atoms with Crippen molar-refractivity contribution in [2.75, 3.05) is 25.1 Å². The molecule has 0 saturated carbocycles. The molecule has 1 heterocycles. The number of hydrogen-bond acceptors (Lipinski definition) is 7. The van der Waals surface area contributed by atoms with Gasteiger partial charge >= 0.3 is 5.97 Å². The summed E-state index contributed by atoms with van der Waals surface area (Å²) in [7, 11) is 0. The third kappa shape index (κ3) is 6.39. The highest BCUT2D eigenvalue weighted by Crippen LogP contribution is 2.39. The van der Waals surface area contributed by atoms with E-state index in [1.54, 1.807) is 31.2 Å². The molecule has 3 rings (SSSR count). The van der Waals surface area contributed by atoms with Crippen LogP contribution in [0.25, 0.3) is 6.08 Å². The lowest BCUT2D eigenvalue weighted by molar-refractivity contribution is -0.140. The largest absolute Gasteiger partial charge is 0.490 e. The van der Waals surface area contributed by atoms with Gasteiger partial charge in [-0.25, -0.2) is 0 Å². The van der Waals surface area contributed by atoms with Crippen LogP contribution >= 0.6 is 27.7 Å². The molecule has 1 fully saturated rings. The number of nitrogens with one attached hydrogen (secondary N) is 1. The minimum absolute atomic E-state index is 0.0896. The van der Waals surface area contributed by atoms with Crippen molar-refractivity contribution in [2.45, 2.75) is 13.8 Å². The summed E-state index contributed by atoms with van der Waals surface area (Å²) >= 11 is 4.06. The lowest BCUT2D eigenvalue weighted by Gasteiger charge is -2.15. The van der Waals surface area contributed by atoms with Crippen molar-refractivity contribution in [2.24, 2.45) is 0 Å². The van der Waals surface area contributed by atoms with E-state index in [4.69, 9.17) is 14.6 Å². The van der Waals surface area contributed by atoms with E-state index < -0.39 is 23.7 Å². The molecule has 0 aromatic heterocycles. The Morgan fingerprint density at radius 2 is 1.88 bits per heavy atom. The van der Waals surface area contributed by atoms with Crippen LogP contribution in [0.15, 0.2) is 45.8 Å². The highest BCUT2D eigenvalue weighted by molar-refractivity contribution is 9.10. The number of aryl methyl sites for hydroxylation is 1. The first-order valence-corrected chi connectivity index (χ1v) is 11.7. The van der Waals surface area contributed by atoms with Crippen molar-refractivity contribution < 1.29 is 33.8 Å². The molecule has 34 heavy (non-hydrogen) atoms. The Morgan fingerprint density at radius 1 is 1.18 bits per heavy atom. The Hall–Kier alpha value is -3.31. The number of anilines is 1. The van der Waals surface area contributed by atoms with Crippen molar-refractivity contribution >= 4 is 62.5 Å². The fourth-order valence-corrected chi connectivity index (χ4v) is 4.38. The summed E-state index contributed by atoms with van der Waals surface area (Å²) in [5.74, 6) is -1.68. The molecule has 0 radical (unpaired) electrons. The van der Waals surface area contributed by atoms with Gasteiger partial charge in [-0.2, -0.15) is 0 Å². The summed E-state index contributed by atoms with van der Waals surface area (Å²) < 4.78 is 11.8. The summed E-state index contributed by atoms with van der Waals surface area (Å²) in [6.07, 6.45) is 1.47. The molecule has 11 heteroatoms. The average molecular weight is 549 g/mol. The van der Waals surface area contributed by atoms with Crippen molar-refractivity contribution in [1.29, 1.82) is 0 Å². The molecule has 1 aliphatic rings. The number of thioether (sulfide) groups is 1. The number of carbonyl (C=O) groups is 4. The van der Waals surface area contributed by atoms with Crippen molar-refractivity contribution in [3.8, 4) is 11.5 Å². The van der Waals surface area contributed by atoms with Crippen LogP contribution < -0.4 is 14.8 Å². The molecule has 2 aromatic carbocycles. The van der Waals surface area contributed by atoms with Crippen LogP contribution in [0.2, 0.25) is 0 Å². The van der Waals surface area contributed by atoms with Gasteiger partial charge in [0.05, 0.1) is 16.0 Å². The van der Waals surface area contributed by atoms with E-state index in [-0.39, 0.29) is 17.4 Å². The fourth-order valence-electron chi connectivity index (χ4n) is 2.97. The van der Waals surface area contributed by atoms with Crippen LogP contribution in [0.3, 0.4) is 0 Å². The first kappa shape index (κ1) is 25.3. The first-order valence-electron chi connectivity index (χ1n) is 10.1. The molecule has 2 N–H and O–H groups in total. The Balaban J connectivity index is 1.76. The maximum atomic E-state index is 12.4. The predicted molar refractivity (Wildman–Crippen MR) is 131 cm³/mol. The number of nitrogens with zero attached hydrogens (tertiary/aromatic N) is 1. The van der Waals surface area contributed by atoms with Gasteiger partial charge in [0.1, 0.15) is 6.54 Å². The summed E-state index contributed by atoms with van der Waals surface area (Å²) in [6.45, 7) is 3.09. The summed E-state index contributed by atoms with van der Waals surface area (Å²) in [4.78, 5) is 48.3. The third-order valence-electron chi connectivity index (χ3n) is 4.48. The van der Waals surface area contributed by atoms with Gasteiger partial charge in [-0.1, -0.05) is 17.7 Å². The second-order valence-electron chi connectivity index (χ2n) is 7.13. The van der Waals surface area contributed by atoms with E-state index in [1.165, 1.54) is 6.08 Å². The molecular formula is C23H21BrN2O7S. The number of rotatable bonds is 9. The number of amides is 3. The minimum Gasteiger partial charge on any atom is -0.490 e. The predicted octanol–water partition coefficient (Wildman–Crippen LogP) is 4.29. The number of carboxylic acids is 1. The minimum atomic E-state index is -1.28. The molecular weight excluding hydrogens is 528 g/mol. The average Bonchev–Trinajstić information content (AvgIpc) is 3.02. The van der Waals surface area contributed by atoms with E-state index in [0.29, 0.717) is 50.5 Å². The summed E-state index contributed by atoms with van der Waals surface area (Å²) in [5, 5.41) is 11.0. The number of hydrogen-bond donors (Lipinski definition) is 2. The van der Waals surface area contributed by atoms with Crippen LogP contribution in [-0.2, 0) is 14.4 Å². The molecule has 0 unspecified atom stereocenters. The molecule has 0 aliphatic carbocycles. The zero-order valence-electron chi connectivity index (χ0n) is 18.3. The summed E-state index contributed by atoms with van der Waals surface area (Å²) in [6, 6.07) is 10.6. The van der Waals surface area contributed by atoms with E-state index in [9.17, 15) is 19.2 Å². The summed E-state index contributed by atoms with van der Waals surface area (Å²) in [5.41, 5.74) is 2.24. The monoisotopic (exact) mass is 548 g/mol. The molecule has 3 amide bonds. The number of benzene rings is 2. The molecule has 0 bridgehead atoms. The number of halogens is 1. The SMILES string of the molecule is CCOc1cc(/C=C2/SC(=O)N(CC(=O)O)C2=O)cc(Br)c1OCC(=O)Nc1ccc(C)cc1. The smallest absolute Gasteiger partial charge is 0.323 e. The second-order valence-corrected chi connectivity index (χ2v) is 8.97. The molecule has 1 aliphatic heterocycles. The van der Waals surface area contributed by atoms with Crippen molar-refractivity contribution in [3.63, 3.8) is 0 Å². The number of ether oxygens (including phenoxy) is 2. The van der Waals surface area contributed by atoms with Gasteiger partial charge < -0.3 is 19.9 Å². The lowest BCUT2D eigenvalue weighted by atomic mass is 10.2. The van der Waals surface area contributed by atoms with Crippen LogP contribution in [-0.4, -0.2) is 52.8 Å². The zero-order chi connectivity index (χ0) is 24.8. The highest BCUT2D eigenvalue weighted by Gasteiger charge is 2.36. The molecule has 0 spiro atoms. The molecule has 0 atom stereocenters. The lowest BCUT2D eigenvalue weighted by Crippen LogP contribution is -2.33. The van der Waals surface area contributed by atoms with Gasteiger partial charge in [-0.05, 0) is 77.4 Å². The van der Waals surface area contributed by atoms with Crippen molar-refractivity contribution in [1.82, 2.24) is 4.90 Å². The van der Waals surface area contributed by atoms with Crippen LogP contribution in [0.5, 0.6) is 11.5 Å². The number of carbonyl (C=O) groups excluding carboxylic acids is 3. The standard InChI is InChI=1S/C23H21BrN2O7S/c1-3-32-17-9-14(10-18-22(30)26(11-20(28)29)23(31)34-18)8-16(24)21(17)33-12-19(27)25-15-6-4-13(2)5-7-15/h4-10H,3,11-12H2,1-2H3,(H,25,27)(H,28,29)/b18-10+. The van der Waals surface area contributed by atoms with E-state index in [2.05, 4.69) is 21.2 Å². The van der Waals surface area contributed by atoms with Crippen molar-refractivity contribution in [3.05, 3.63) is 56.9 Å². The normalized spacial score (nSPS) is 14.4. The van der Waals surface area contributed by atoms with Gasteiger partial charge in [0.25, 0.3) is 17.1 Å². The Morgan fingerprint density at radius 3 is 2.53 bits per heavy atom.